The first-order chi connectivity index (χ1) is 13.7. The Hall–Kier alpha value is -3.12. The van der Waals surface area contributed by atoms with Crippen LogP contribution in [-0.2, 0) is 0 Å². The predicted molar refractivity (Wildman–Crippen MR) is 114 cm³/mol. The van der Waals surface area contributed by atoms with Crippen molar-refractivity contribution in [3.8, 4) is 0 Å². The molecule has 2 heterocycles. The molecule has 2 aromatic carbocycles. The second-order valence-electron chi connectivity index (χ2n) is 7.67. The first kappa shape index (κ1) is 17.0. The van der Waals surface area contributed by atoms with Gasteiger partial charge in [0.15, 0.2) is 5.65 Å². The van der Waals surface area contributed by atoms with E-state index >= 15 is 0 Å². The molecule has 0 aliphatic heterocycles. The number of nitrogens with one attached hydrogen (secondary N) is 1. The van der Waals surface area contributed by atoms with Gasteiger partial charge >= 0.3 is 0 Å². The van der Waals surface area contributed by atoms with Gasteiger partial charge in [0.05, 0.1) is 5.69 Å². The Balaban J connectivity index is 1.61. The summed E-state index contributed by atoms with van der Waals surface area (Å²) in [6.45, 7) is 0. The van der Waals surface area contributed by atoms with Crippen LogP contribution in [0.4, 0.5) is 17.2 Å². The highest BCUT2D eigenvalue weighted by atomic mass is 15.3. The van der Waals surface area contributed by atoms with Crippen LogP contribution < -0.4 is 16.8 Å². The number of nitrogen functional groups attached to an aromatic ring is 1. The predicted octanol–water partition coefficient (Wildman–Crippen LogP) is 4.19. The Morgan fingerprint density at radius 1 is 1.00 bits per heavy atom. The van der Waals surface area contributed by atoms with Gasteiger partial charge in [0.1, 0.15) is 5.82 Å². The standard InChI is InChI=1S/C22H24N6/c23-17-8-5-15(6-9-17)19-20(22-25-11-12-28(22)27-21(19)24)26-18-10-7-14-3-1-2-4-16(14)13-18/h1-4,7,10-13,15,17,26H,5-6,8-9,23H2,(H2,24,27)/t15-,17-. The molecule has 6 heteroatoms. The van der Waals surface area contributed by atoms with Crippen molar-refractivity contribution in [2.75, 3.05) is 11.1 Å². The monoisotopic (exact) mass is 372 g/mol. The van der Waals surface area contributed by atoms with Crippen LogP contribution in [0.1, 0.15) is 37.2 Å². The molecule has 5 N–H and O–H groups in total. The van der Waals surface area contributed by atoms with E-state index in [1.165, 1.54) is 10.8 Å². The van der Waals surface area contributed by atoms with Gasteiger partial charge in [-0.3, -0.25) is 0 Å². The summed E-state index contributed by atoms with van der Waals surface area (Å²) in [5.41, 5.74) is 16.4. The highest BCUT2D eigenvalue weighted by Gasteiger charge is 2.27. The number of hydrogen-bond donors (Lipinski definition) is 3. The molecular formula is C22H24N6. The van der Waals surface area contributed by atoms with E-state index in [0.717, 1.165) is 48.3 Å². The minimum atomic E-state index is 0.289. The average molecular weight is 372 g/mol. The third-order valence-corrected chi connectivity index (χ3v) is 5.80. The lowest BCUT2D eigenvalue weighted by molar-refractivity contribution is 0.396. The van der Waals surface area contributed by atoms with E-state index in [2.05, 4.69) is 57.9 Å². The van der Waals surface area contributed by atoms with Crippen molar-refractivity contribution in [1.82, 2.24) is 14.6 Å². The van der Waals surface area contributed by atoms with Gasteiger partial charge in [-0.2, -0.15) is 0 Å². The molecule has 142 valence electrons. The highest BCUT2D eigenvalue weighted by Crippen LogP contribution is 2.41. The molecule has 0 bridgehead atoms. The lowest BCUT2D eigenvalue weighted by atomic mass is 9.81. The number of nitrogens with two attached hydrogens (primary N) is 2. The van der Waals surface area contributed by atoms with Gasteiger partial charge in [-0.05, 0) is 54.5 Å². The molecule has 0 unspecified atom stereocenters. The molecule has 0 amide bonds. The van der Waals surface area contributed by atoms with E-state index in [-0.39, 0.29) is 6.04 Å². The Morgan fingerprint density at radius 2 is 1.79 bits per heavy atom. The van der Waals surface area contributed by atoms with E-state index in [0.29, 0.717) is 11.7 Å². The van der Waals surface area contributed by atoms with Gasteiger partial charge in [0.25, 0.3) is 0 Å². The molecule has 6 nitrogen and oxygen atoms in total. The van der Waals surface area contributed by atoms with Crippen molar-refractivity contribution in [2.24, 2.45) is 5.73 Å². The van der Waals surface area contributed by atoms with Crippen LogP contribution in [-0.4, -0.2) is 20.6 Å². The van der Waals surface area contributed by atoms with E-state index in [1.807, 2.05) is 6.20 Å². The van der Waals surface area contributed by atoms with Gasteiger partial charge in [0, 0.05) is 29.7 Å². The van der Waals surface area contributed by atoms with Crippen LogP contribution >= 0.6 is 0 Å². The second kappa shape index (κ2) is 6.80. The van der Waals surface area contributed by atoms with Crippen LogP contribution in [0.3, 0.4) is 0 Å². The van der Waals surface area contributed by atoms with Crippen molar-refractivity contribution in [2.45, 2.75) is 37.6 Å². The zero-order valence-electron chi connectivity index (χ0n) is 15.7. The molecule has 1 aliphatic carbocycles. The Bertz CT molecular complexity index is 1140. The quantitative estimate of drug-likeness (QED) is 0.501. The van der Waals surface area contributed by atoms with Gasteiger partial charge in [-0.1, -0.05) is 30.3 Å². The van der Waals surface area contributed by atoms with Gasteiger partial charge < -0.3 is 16.8 Å². The summed E-state index contributed by atoms with van der Waals surface area (Å²) in [5, 5.41) is 10.6. The number of benzene rings is 2. The summed E-state index contributed by atoms with van der Waals surface area (Å²) in [6.07, 6.45) is 7.66. The molecule has 1 aliphatic rings. The highest BCUT2D eigenvalue weighted by molar-refractivity contribution is 5.88. The first-order valence-electron chi connectivity index (χ1n) is 9.83. The SMILES string of the molecule is Nc1nn2ccnc2c(Nc2ccc3ccccc3c2)c1[C@H]1CC[C@H](N)CC1. The molecule has 0 spiro atoms. The maximum atomic E-state index is 6.43. The van der Waals surface area contributed by atoms with Crippen LogP contribution in [0.25, 0.3) is 16.4 Å². The molecule has 0 saturated heterocycles. The third-order valence-electron chi connectivity index (χ3n) is 5.80. The van der Waals surface area contributed by atoms with Crippen molar-refractivity contribution in [1.29, 1.82) is 0 Å². The van der Waals surface area contributed by atoms with Crippen LogP contribution in [0, 0.1) is 0 Å². The third kappa shape index (κ3) is 2.96. The number of hydrogen-bond acceptors (Lipinski definition) is 5. The van der Waals surface area contributed by atoms with Crippen LogP contribution in [0.15, 0.2) is 54.9 Å². The van der Waals surface area contributed by atoms with Crippen molar-refractivity contribution in [3.05, 3.63) is 60.4 Å². The summed E-state index contributed by atoms with van der Waals surface area (Å²) in [7, 11) is 0. The summed E-state index contributed by atoms with van der Waals surface area (Å²) in [6, 6.07) is 15.0. The molecule has 2 aromatic heterocycles. The summed E-state index contributed by atoms with van der Waals surface area (Å²) in [5.74, 6) is 0.909. The van der Waals surface area contributed by atoms with Crippen molar-refractivity contribution >= 4 is 33.6 Å². The normalized spacial score (nSPS) is 19.9. The topological polar surface area (TPSA) is 94.3 Å². The molecular weight excluding hydrogens is 348 g/mol. The first-order valence-corrected chi connectivity index (χ1v) is 9.83. The molecule has 0 atom stereocenters. The fourth-order valence-corrected chi connectivity index (χ4v) is 4.33. The number of imidazole rings is 1. The minimum absolute atomic E-state index is 0.289. The Labute approximate surface area is 163 Å². The zero-order chi connectivity index (χ0) is 19.1. The lowest BCUT2D eigenvalue weighted by Gasteiger charge is -2.28. The van der Waals surface area contributed by atoms with Gasteiger partial charge in [-0.15, -0.1) is 5.10 Å². The molecule has 1 fully saturated rings. The fraction of sp³-hybridized carbons (Fsp3) is 0.273. The zero-order valence-corrected chi connectivity index (χ0v) is 15.7. The molecule has 5 rings (SSSR count). The van der Waals surface area contributed by atoms with Gasteiger partial charge in [-0.25, -0.2) is 9.50 Å². The molecule has 0 radical (unpaired) electrons. The second-order valence-corrected chi connectivity index (χ2v) is 7.67. The molecule has 4 aromatic rings. The lowest BCUT2D eigenvalue weighted by Crippen LogP contribution is -2.26. The van der Waals surface area contributed by atoms with E-state index in [4.69, 9.17) is 11.5 Å². The van der Waals surface area contributed by atoms with E-state index in [1.54, 1.807) is 10.7 Å². The largest absolute Gasteiger partial charge is 0.382 e. The number of rotatable bonds is 3. The maximum absolute atomic E-state index is 6.43. The average Bonchev–Trinajstić information content (AvgIpc) is 3.17. The van der Waals surface area contributed by atoms with Gasteiger partial charge in [0.2, 0.25) is 0 Å². The molecule has 28 heavy (non-hydrogen) atoms. The van der Waals surface area contributed by atoms with Crippen molar-refractivity contribution < 1.29 is 0 Å². The summed E-state index contributed by atoms with van der Waals surface area (Å²) < 4.78 is 1.75. The summed E-state index contributed by atoms with van der Waals surface area (Å²) in [4.78, 5) is 4.55. The molecule has 1 saturated carbocycles. The van der Waals surface area contributed by atoms with Crippen LogP contribution in [0.5, 0.6) is 0 Å². The number of fused-ring (bicyclic) bond motifs is 2. The fourth-order valence-electron chi connectivity index (χ4n) is 4.33. The van der Waals surface area contributed by atoms with Crippen LogP contribution in [0.2, 0.25) is 0 Å². The smallest absolute Gasteiger partial charge is 0.177 e. The number of nitrogens with zero attached hydrogens (tertiary/aromatic N) is 3. The van der Waals surface area contributed by atoms with E-state index < -0.39 is 0 Å². The Morgan fingerprint density at radius 3 is 2.61 bits per heavy atom. The Kier molecular flexibility index (Phi) is 4.13. The number of anilines is 3. The number of aromatic nitrogens is 3. The minimum Gasteiger partial charge on any atom is -0.382 e. The summed E-state index contributed by atoms with van der Waals surface area (Å²) >= 11 is 0. The maximum Gasteiger partial charge on any atom is 0.177 e. The van der Waals surface area contributed by atoms with E-state index in [9.17, 15) is 0 Å². The van der Waals surface area contributed by atoms with Crippen molar-refractivity contribution in [3.63, 3.8) is 0 Å².